The Morgan fingerprint density at radius 3 is 2.42 bits per heavy atom. The van der Waals surface area contributed by atoms with Gasteiger partial charge >= 0.3 is 0 Å². The fraction of sp³-hybridized carbons (Fsp3) is 0.333. The summed E-state index contributed by atoms with van der Waals surface area (Å²) in [6.07, 6.45) is 2.08. The first-order valence-electron chi connectivity index (χ1n) is 8.93. The highest BCUT2D eigenvalue weighted by Gasteiger charge is 2.27. The lowest BCUT2D eigenvalue weighted by molar-refractivity contribution is -0.136. The number of amides is 2. The van der Waals surface area contributed by atoms with E-state index >= 15 is 0 Å². The molecule has 0 aromatic heterocycles. The van der Waals surface area contributed by atoms with Crippen molar-refractivity contribution in [2.45, 2.75) is 19.3 Å². The van der Waals surface area contributed by atoms with Gasteiger partial charge in [-0.05, 0) is 42.7 Å². The van der Waals surface area contributed by atoms with Crippen molar-refractivity contribution in [1.82, 2.24) is 4.90 Å². The number of para-hydroxylation sites is 1. The van der Waals surface area contributed by atoms with E-state index in [1.54, 1.807) is 16.9 Å². The van der Waals surface area contributed by atoms with Crippen LogP contribution in [0.1, 0.15) is 18.4 Å². The van der Waals surface area contributed by atoms with Crippen molar-refractivity contribution in [3.63, 3.8) is 0 Å². The molecule has 1 aliphatic rings. The van der Waals surface area contributed by atoms with Gasteiger partial charge in [-0.25, -0.2) is 0 Å². The molecule has 1 heterocycles. The molecule has 1 aliphatic heterocycles. The summed E-state index contributed by atoms with van der Waals surface area (Å²) in [6.45, 7) is 1.30. The fourth-order valence-electron chi connectivity index (χ4n) is 3.16. The molecule has 0 atom stereocenters. The molecule has 1 saturated heterocycles. The van der Waals surface area contributed by atoms with E-state index in [0.717, 1.165) is 24.3 Å². The number of hydrogen-bond donors (Lipinski definition) is 0. The van der Waals surface area contributed by atoms with Gasteiger partial charge in [0.15, 0.2) is 0 Å². The fourth-order valence-corrected chi connectivity index (χ4v) is 3.16. The molecule has 0 aliphatic carbocycles. The molecule has 26 heavy (non-hydrogen) atoms. The number of benzene rings is 2. The predicted molar refractivity (Wildman–Crippen MR) is 101 cm³/mol. The highest BCUT2D eigenvalue weighted by molar-refractivity contribution is 5.97. The Labute approximate surface area is 154 Å². The Balaban J connectivity index is 1.46. The Bertz CT molecular complexity index is 744. The lowest BCUT2D eigenvalue weighted by atomic mass is 10.1. The molecule has 0 saturated carbocycles. The SMILES string of the molecule is COc1ccc(CCCC(=O)N2CCN(c3ccccc3)C(=O)C2)cc1. The maximum Gasteiger partial charge on any atom is 0.246 e. The van der Waals surface area contributed by atoms with Crippen LogP contribution >= 0.6 is 0 Å². The lowest BCUT2D eigenvalue weighted by Crippen LogP contribution is -2.52. The summed E-state index contributed by atoms with van der Waals surface area (Å²) >= 11 is 0. The number of methoxy groups -OCH3 is 1. The van der Waals surface area contributed by atoms with Gasteiger partial charge < -0.3 is 14.5 Å². The number of piperazine rings is 1. The highest BCUT2D eigenvalue weighted by atomic mass is 16.5. The highest BCUT2D eigenvalue weighted by Crippen LogP contribution is 2.18. The summed E-state index contributed by atoms with van der Waals surface area (Å²) in [7, 11) is 1.65. The van der Waals surface area contributed by atoms with Crippen LogP contribution in [0.15, 0.2) is 54.6 Å². The molecular weight excluding hydrogens is 328 g/mol. The average molecular weight is 352 g/mol. The molecule has 0 unspecified atom stereocenters. The molecular formula is C21H24N2O3. The Hall–Kier alpha value is -2.82. The number of carbonyl (C=O) groups is 2. The average Bonchev–Trinajstić information content (AvgIpc) is 2.69. The molecule has 2 aromatic rings. The number of nitrogens with zero attached hydrogens (tertiary/aromatic N) is 2. The van der Waals surface area contributed by atoms with Crippen molar-refractivity contribution >= 4 is 17.5 Å². The zero-order valence-corrected chi connectivity index (χ0v) is 15.1. The number of hydrogen-bond acceptors (Lipinski definition) is 3. The molecule has 5 nitrogen and oxygen atoms in total. The van der Waals surface area contributed by atoms with E-state index in [1.165, 1.54) is 5.56 Å². The van der Waals surface area contributed by atoms with Crippen LogP contribution in [0.2, 0.25) is 0 Å². The van der Waals surface area contributed by atoms with E-state index < -0.39 is 0 Å². The van der Waals surface area contributed by atoms with Crippen molar-refractivity contribution in [2.75, 3.05) is 31.6 Å². The maximum atomic E-state index is 12.4. The van der Waals surface area contributed by atoms with E-state index in [2.05, 4.69) is 0 Å². The largest absolute Gasteiger partial charge is 0.497 e. The van der Waals surface area contributed by atoms with Crippen molar-refractivity contribution in [1.29, 1.82) is 0 Å². The zero-order valence-electron chi connectivity index (χ0n) is 15.1. The molecule has 0 N–H and O–H groups in total. The second-order valence-corrected chi connectivity index (χ2v) is 6.40. The van der Waals surface area contributed by atoms with E-state index in [0.29, 0.717) is 19.5 Å². The van der Waals surface area contributed by atoms with E-state index in [-0.39, 0.29) is 18.4 Å². The van der Waals surface area contributed by atoms with Gasteiger partial charge in [0, 0.05) is 25.2 Å². The smallest absolute Gasteiger partial charge is 0.246 e. The van der Waals surface area contributed by atoms with Crippen LogP contribution in [0.25, 0.3) is 0 Å². The topological polar surface area (TPSA) is 49.9 Å². The van der Waals surface area contributed by atoms with Crippen molar-refractivity contribution < 1.29 is 14.3 Å². The van der Waals surface area contributed by atoms with Crippen LogP contribution in [0, 0.1) is 0 Å². The van der Waals surface area contributed by atoms with Gasteiger partial charge in [-0.1, -0.05) is 30.3 Å². The van der Waals surface area contributed by atoms with Crippen molar-refractivity contribution in [2.24, 2.45) is 0 Å². The molecule has 5 heteroatoms. The van der Waals surface area contributed by atoms with Crippen LogP contribution in [0.5, 0.6) is 5.75 Å². The molecule has 0 spiro atoms. The quantitative estimate of drug-likeness (QED) is 0.803. The third kappa shape index (κ3) is 4.42. The van der Waals surface area contributed by atoms with Crippen LogP contribution in [0.4, 0.5) is 5.69 Å². The third-order valence-corrected chi connectivity index (χ3v) is 4.66. The molecule has 3 rings (SSSR count). The predicted octanol–water partition coefficient (Wildman–Crippen LogP) is 2.89. The van der Waals surface area contributed by atoms with Gasteiger partial charge in [0.05, 0.1) is 7.11 Å². The second-order valence-electron chi connectivity index (χ2n) is 6.40. The molecule has 0 bridgehead atoms. The first kappa shape index (κ1) is 18.0. The van der Waals surface area contributed by atoms with Crippen LogP contribution in [0.3, 0.4) is 0 Å². The first-order valence-corrected chi connectivity index (χ1v) is 8.93. The van der Waals surface area contributed by atoms with E-state index in [9.17, 15) is 9.59 Å². The van der Waals surface area contributed by atoms with Crippen molar-refractivity contribution in [3.8, 4) is 5.75 Å². The molecule has 0 radical (unpaired) electrons. The molecule has 136 valence electrons. The van der Waals surface area contributed by atoms with Crippen molar-refractivity contribution in [3.05, 3.63) is 60.2 Å². The van der Waals surface area contributed by atoms with Gasteiger partial charge in [0.25, 0.3) is 0 Å². The molecule has 1 fully saturated rings. The third-order valence-electron chi connectivity index (χ3n) is 4.66. The van der Waals surface area contributed by atoms with Crippen LogP contribution < -0.4 is 9.64 Å². The Morgan fingerprint density at radius 2 is 1.77 bits per heavy atom. The molecule has 2 aromatic carbocycles. The zero-order chi connectivity index (χ0) is 18.4. The minimum atomic E-state index is -0.0223. The number of ether oxygens (including phenoxy) is 1. The van der Waals surface area contributed by atoms with Gasteiger partial charge in [-0.3, -0.25) is 9.59 Å². The van der Waals surface area contributed by atoms with E-state index in [1.807, 2.05) is 54.6 Å². The maximum absolute atomic E-state index is 12.4. The van der Waals surface area contributed by atoms with E-state index in [4.69, 9.17) is 4.74 Å². The second kappa shape index (κ2) is 8.52. The summed E-state index contributed by atoms with van der Waals surface area (Å²) in [5, 5.41) is 0. The summed E-state index contributed by atoms with van der Waals surface area (Å²) in [4.78, 5) is 28.2. The van der Waals surface area contributed by atoms with Crippen LogP contribution in [-0.4, -0.2) is 43.5 Å². The Kier molecular flexibility index (Phi) is 5.89. The standard InChI is InChI=1S/C21H24N2O3/c1-26-19-12-10-17(11-13-19)6-5-9-20(24)22-14-15-23(21(25)16-22)18-7-3-2-4-8-18/h2-4,7-8,10-13H,5-6,9,14-16H2,1H3. The first-order chi connectivity index (χ1) is 12.7. The summed E-state index contributed by atoms with van der Waals surface area (Å²) < 4.78 is 5.15. The number of rotatable bonds is 6. The minimum absolute atomic E-state index is 0.0223. The molecule has 2 amide bonds. The minimum Gasteiger partial charge on any atom is -0.497 e. The monoisotopic (exact) mass is 352 g/mol. The number of aryl methyl sites for hydroxylation is 1. The van der Waals surface area contributed by atoms with Gasteiger partial charge in [0.1, 0.15) is 12.3 Å². The normalized spacial score (nSPS) is 14.4. The van der Waals surface area contributed by atoms with Gasteiger partial charge in [0.2, 0.25) is 11.8 Å². The van der Waals surface area contributed by atoms with Crippen LogP contribution in [-0.2, 0) is 16.0 Å². The number of carbonyl (C=O) groups excluding carboxylic acids is 2. The summed E-state index contributed by atoms with van der Waals surface area (Å²) in [6, 6.07) is 17.5. The number of anilines is 1. The lowest BCUT2D eigenvalue weighted by Gasteiger charge is -2.34. The summed E-state index contributed by atoms with van der Waals surface area (Å²) in [5.74, 6) is 0.866. The summed E-state index contributed by atoms with van der Waals surface area (Å²) in [5.41, 5.74) is 2.08. The van der Waals surface area contributed by atoms with Gasteiger partial charge in [-0.2, -0.15) is 0 Å². The van der Waals surface area contributed by atoms with Gasteiger partial charge in [-0.15, -0.1) is 0 Å². The Morgan fingerprint density at radius 1 is 1.04 bits per heavy atom.